The van der Waals surface area contributed by atoms with Gasteiger partial charge in [0.15, 0.2) is 0 Å². The van der Waals surface area contributed by atoms with Crippen molar-refractivity contribution in [2.75, 3.05) is 39.4 Å². The molecule has 0 bridgehead atoms. The van der Waals surface area contributed by atoms with Crippen LogP contribution in [0.1, 0.15) is 39.5 Å². The molecule has 2 heterocycles. The normalized spacial score (nSPS) is 26.3. The molecule has 1 atom stereocenters. The van der Waals surface area contributed by atoms with Crippen LogP contribution in [0.4, 0.5) is 0 Å². The first-order valence-electron chi connectivity index (χ1n) is 8.27. The second kappa shape index (κ2) is 7.90. The van der Waals surface area contributed by atoms with Crippen LogP contribution in [0.2, 0.25) is 0 Å². The monoisotopic (exact) mass is 318 g/mol. The summed E-state index contributed by atoms with van der Waals surface area (Å²) in [5.74, 6) is 1.09. The average Bonchev–Trinajstić information content (AvgIpc) is 2.48. The van der Waals surface area contributed by atoms with Gasteiger partial charge >= 0.3 is 0 Å². The molecule has 0 aromatic rings. The van der Waals surface area contributed by atoms with E-state index in [9.17, 15) is 8.42 Å². The number of rotatable bonds is 6. The van der Waals surface area contributed by atoms with Gasteiger partial charge in [0, 0.05) is 26.3 Å². The molecule has 2 fully saturated rings. The smallest absolute Gasteiger partial charge is 0.217 e. The van der Waals surface area contributed by atoms with E-state index in [1.54, 1.807) is 4.31 Å². The average molecular weight is 318 g/mol. The summed E-state index contributed by atoms with van der Waals surface area (Å²) in [6.45, 7) is 8.85. The van der Waals surface area contributed by atoms with Crippen molar-refractivity contribution in [1.82, 2.24) is 9.62 Å². The molecule has 2 rings (SSSR count). The van der Waals surface area contributed by atoms with Gasteiger partial charge in [0.1, 0.15) is 0 Å². The van der Waals surface area contributed by atoms with Crippen LogP contribution in [0.5, 0.6) is 0 Å². The van der Waals surface area contributed by atoms with Gasteiger partial charge in [0.2, 0.25) is 10.0 Å². The van der Waals surface area contributed by atoms with Crippen LogP contribution < -0.4 is 5.32 Å². The Morgan fingerprint density at radius 1 is 1.24 bits per heavy atom. The Bertz CT molecular complexity index is 405. The van der Waals surface area contributed by atoms with Gasteiger partial charge in [0.25, 0.3) is 0 Å². The summed E-state index contributed by atoms with van der Waals surface area (Å²) in [7, 11) is -3.13. The Morgan fingerprint density at radius 2 is 1.95 bits per heavy atom. The summed E-state index contributed by atoms with van der Waals surface area (Å²) in [6.07, 6.45) is 3.41. The number of hydrogen-bond acceptors (Lipinski definition) is 4. The highest BCUT2D eigenvalue weighted by Gasteiger charge is 2.35. The molecule has 0 spiro atoms. The molecule has 0 radical (unpaired) electrons. The molecule has 0 amide bonds. The van der Waals surface area contributed by atoms with Crippen LogP contribution in [-0.4, -0.2) is 57.4 Å². The minimum Gasteiger partial charge on any atom is -0.381 e. The maximum Gasteiger partial charge on any atom is 0.217 e. The predicted octanol–water partition coefficient (Wildman–Crippen LogP) is 1.45. The van der Waals surface area contributed by atoms with Crippen molar-refractivity contribution in [1.29, 1.82) is 0 Å². The Hall–Kier alpha value is -0.170. The molecule has 124 valence electrons. The molecule has 0 aromatic heterocycles. The Kier molecular flexibility index (Phi) is 6.47. The topological polar surface area (TPSA) is 58.6 Å². The van der Waals surface area contributed by atoms with Crippen molar-refractivity contribution in [3.8, 4) is 0 Å². The molecule has 2 aliphatic heterocycles. The number of ether oxygens (including phenoxy) is 1. The van der Waals surface area contributed by atoms with Crippen LogP contribution in [0.3, 0.4) is 0 Å². The van der Waals surface area contributed by atoms with Gasteiger partial charge in [-0.25, -0.2) is 12.7 Å². The zero-order valence-electron chi connectivity index (χ0n) is 13.4. The number of piperidine rings is 1. The third kappa shape index (κ3) is 4.91. The predicted molar refractivity (Wildman–Crippen MR) is 84.8 cm³/mol. The molecule has 0 aromatic carbocycles. The Labute approximate surface area is 129 Å². The summed E-state index contributed by atoms with van der Waals surface area (Å²) in [5.41, 5.74) is 0. The lowest BCUT2D eigenvalue weighted by Gasteiger charge is -2.35. The zero-order chi connectivity index (χ0) is 15.3. The Morgan fingerprint density at radius 3 is 2.62 bits per heavy atom. The molecule has 21 heavy (non-hydrogen) atoms. The minimum absolute atomic E-state index is 0.228. The summed E-state index contributed by atoms with van der Waals surface area (Å²) < 4.78 is 32.5. The lowest BCUT2D eigenvalue weighted by Crippen LogP contribution is -2.47. The van der Waals surface area contributed by atoms with Crippen LogP contribution >= 0.6 is 0 Å². The fourth-order valence-electron chi connectivity index (χ4n) is 3.19. The fourth-order valence-corrected chi connectivity index (χ4v) is 5.20. The lowest BCUT2D eigenvalue weighted by molar-refractivity contribution is 0.0966. The van der Waals surface area contributed by atoms with Gasteiger partial charge in [-0.05, 0) is 50.6 Å². The number of nitrogens with zero attached hydrogens (tertiary/aromatic N) is 1. The molecule has 1 unspecified atom stereocenters. The number of nitrogens with one attached hydrogen (secondary N) is 1. The maximum atomic E-state index is 12.7. The van der Waals surface area contributed by atoms with Gasteiger partial charge in [-0.2, -0.15) is 0 Å². The van der Waals surface area contributed by atoms with Crippen LogP contribution in [-0.2, 0) is 14.8 Å². The minimum atomic E-state index is -3.13. The van der Waals surface area contributed by atoms with E-state index in [0.29, 0.717) is 51.0 Å². The highest BCUT2D eigenvalue weighted by atomic mass is 32.2. The molecular weight excluding hydrogens is 288 g/mol. The first-order valence-corrected chi connectivity index (χ1v) is 9.78. The molecule has 5 nitrogen and oxygen atoms in total. The van der Waals surface area contributed by atoms with Crippen molar-refractivity contribution in [2.45, 2.75) is 44.8 Å². The molecule has 6 heteroatoms. The van der Waals surface area contributed by atoms with Gasteiger partial charge in [-0.1, -0.05) is 13.8 Å². The highest BCUT2D eigenvalue weighted by molar-refractivity contribution is 7.89. The summed E-state index contributed by atoms with van der Waals surface area (Å²) in [6, 6.07) is 0. The standard InChI is InChI=1S/C15H30N2O3S/c1-13(2)10-16-11-14-4-3-7-17(12-14)21(18,19)15-5-8-20-9-6-15/h13-16H,3-12H2,1-2H3. The first-order chi connectivity index (χ1) is 10.00. The second-order valence-corrected chi connectivity index (χ2v) is 8.99. The SMILES string of the molecule is CC(C)CNCC1CCCN(S(=O)(=O)C2CCOCC2)C1. The van der Waals surface area contributed by atoms with Crippen LogP contribution in [0.15, 0.2) is 0 Å². The summed E-state index contributed by atoms with van der Waals surface area (Å²) in [4.78, 5) is 0. The quantitative estimate of drug-likeness (QED) is 0.805. The van der Waals surface area contributed by atoms with E-state index in [1.165, 1.54) is 0 Å². The van der Waals surface area contributed by atoms with E-state index in [-0.39, 0.29) is 5.25 Å². The van der Waals surface area contributed by atoms with Crippen molar-refractivity contribution >= 4 is 10.0 Å². The zero-order valence-corrected chi connectivity index (χ0v) is 14.2. The first kappa shape index (κ1) is 17.2. The summed E-state index contributed by atoms with van der Waals surface area (Å²) >= 11 is 0. The Balaban J connectivity index is 1.87. The number of hydrogen-bond donors (Lipinski definition) is 1. The number of sulfonamides is 1. The third-order valence-corrected chi connectivity index (χ3v) is 6.78. The van der Waals surface area contributed by atoms with Crippen molar-refractivity contribution in [3.63, 3.8) is 0 Å². The van der Waals surface area contributed by atoms with Crippen molar-refractivity contribution < 1.29 is 13.2 Å². The van der Waals surface area contributed by atoms with E-state index >= 15 is 0 Å². The van der Waals surface area contributed by atoms with E-state index in [1.807, 2.05) is 0 Å². The van der Waals surface area contributed by atoms with Crippen molar-refractivity contribution in [2.24, 2.45) is 11.8 Å². The molecule has 2 saturated heterocycles. The van der Waals surface area contributed by atoms with E-state index in [4.69, 9.17) is 4.74 Å². The molecule has 1 N–H and O–H groups in total. The molecule has 2 aliphatic rings. The third-order valence-electron chi connectivity index (χ3n) is 4.42. The highest BCUT2D eigenvalue weighted by Crippen LogP contribution is 2.25. The molecule has 0 aliphatic carbocycles. The summed E-state index contributed by atoms with van der Waals surface area (Å²) in [5, 5.41) is 3.24. The maximum absolute atomic E-state index is 12.7. The molecule has 0 saturated carbocycles. The van der Waals surface area contributed by atoms with Gasteiger partial charge in [-0.15, -0.1) is 0 Å². The van der Waals surface area contributed by atoms with Crippen LogP contribution in [0.25, 0.3) is 0 Å². The van der Waals surface area contributed by atoms with Gasteiger partial charge in [-0.3, -0.25) is 0 Å². The second-order valence-electron chi connectivity index (χ2n) is 6.78. The van der Waals surface area contributed by atoms with Gasteiger partial charge in [0.05, 0.1) is 5.25 Å². The van der Waals surface area contributed by atoms with E-state index in [0.717, 1.165) is 25.9 Å². The molecular formula is C15H30N2O3S. The fraction of sp³-hybridized carbons (Fsp3) is 1.00. The largest absolute Gasteiger partial charge is 0.381 e. The van der Waals surface area contributed by atoms with Crippen molar-refractivity contribution in [3.05, 3.63) is 0 Å². The van der Waals surface area contributed by atoms with Crippen LogP contribution in [0, 0.1) is 11.8 Å². The van der Waals surface area contributed by atoms with E-state index < -0.39 is 10.0 Å². The van der Waals surface area contributed by atoms with E-state index in [2.05, 4.69) is 19.2 Å². The van der Waals surface area contributed by atoms with Gasteiger partial charge < -0.3 is 10.1 Å². The lowest BCUT2D eigenvalue weighted by atomic mass is 9.99.